The van der Waals surface area contributed by atoms with Crippen LogP contribution in [0.15, 0.2) is 70.7 Å². The van der Waals surface area contributed by atoms with Crippen molar-refractivity contribution in [1.29, 1.82) is 0 Å². The van der Waals surface area contributed by atoms with Gasteiger partial charge in [-0.1, -0.05) is 56.3 Å². The highest BCUT2D eigenvalue weighted by Gasteiger charge is 2.42. The van der Waals surface area contributed by atoms with Crippen LogP contribution in [0.25, 0.3) is 11.4 Å². The molecule has 0 bridgehead atoms. The van der Waals surface area contributed by atoms with E-state index in [4.69, 9.17) is 9.72 Å². The van der Waals surface area contributed by atoms with Gasteiger partial charge < -0.3 is 15.0 Å². The fraction of sp³-hybridized carbons (Fsp3) is 0.269. The van der Waals surface area contributed by atoms with Gasteiger partial charge >= 0.3 is 0 Å². The molecule has 1 atom stereocenters. The molecule has 3 aromatic rings. The number of aromatic amines is 1. The van der Waals surface area contributed by atoms with Crippen LogP contribution in [0.4, 0.5) is 5.82 Å². The van der Waals surface area contributed by atoms with E-state index in [9.17, 15) is 9.59 Å². The van der Waals surface area contributed by atoms with E-state index in [1.807, 2.05) is 54.6 Å². The van der Waals surface area contributed by atoms with Crippen LogP contribution >= 0.6 is 0 Å². The summed E-state index contributed by atoms with van der Waals surface area (Å²) >= 11 is 0. The lowest BCUT2D eigenvalue weighted by Crippen LogP contribution is -2.37. The summed E-state index contributed by atoms with van der Waals surface area (Å²) in [5.41, 5.74) is 3.30. The largest absolute Gasteiger partial charge is 0.497 e. The Morgan fingerprint density at radius 2 is 1.72 bits per heavy atom. The lowest BCUT2D eigenvalue weighted by atomic mass is 9.69. The van der Waals surface area contributed by atoms with E-state index in [1.54, 1.807) is 7.11 Å². The van der Waals surface area contributed by atoms with Crippen LogP contribution in [0.5, 0.6) is 5.75 Å². The van der Waals surface area contributed by atoms with E-state index >= 15 is 0 Å². The molecule has 0 unspecified atom stereocenters. The number of ether oxygens (including phenoxy) is 1. The third kappa shape index (κ3) is 3.42. The zero-order valence-electron chi connectivity index (χ0n) is 18.4. The highest BCUT2D eigenvalue weighted by Crippen LogP contribution is 2.47. The average molecular weight is 428 g/mol. The van der Waals surface area contributed by atoms with Crippen LogP contribution in [0.1, 0.15) is 43.7 Å². The lowest BCUT2D eigenvalue weighted by molar-refractivity contribution is -0.118. The molecule has 0 saturated heterocycles. The van der Waals surface area contributed by atoms with E-state index in [2.05, 4.69) is 24.1 Å². The fourth-order valence-electron chi connectivity index (χ4n) is 4.78. The molecule has 0 spiro atoms. The molecule has 5 rings (SSSR count). The number of carbonyl (C=O) groups is 1. The number of hydrogen-bond donors (Lipinski definition) is 2. The first-order valence-electron chi connectivity index (χ1n) is 10.7. The molecular weight excluding hydrogens is 402 g/mol. The summed E-state index contributed by atoms with van der Waals surface area (Å²) in [6, 6.07) is 17.1. The zero-order chi connectivity index (χ0) is 22.5. The van der Waals surface area contributed by atoms with Crippen LogP contribution in [0.2, 0.25) is 0 Å². The van der Waals surface area contributed by atoms with Crippen molar-refractivity contribution in [1.82, 2.24) is 9.97 Å². The van der Waals surface area contributed by atoms with Crippen molar-refractivity contribution in [2.24, 2.45) is 5.41 Å². The third-order valence-electron chi connectivity index (χ3n) is 6.22. The van der Waals surface area contributed by atoms with Gasteiger partial charge in [-0.2, -0.15) is 0 Å². The molecule has 0 radical (unpaired) electrons. The van der Waals surface area contributed by atoms with Crippen LogP contribution < -0.4 is 15.6 Å². The number of nitrogens with zero attached hydrogens (tertiary/aromatic N) is 1. The Balaban J connectivity index is 1.72. The van der Waals surface area contributed by atoms with Crippen molar-refractivity contribution in [2.45, 2.75) is 32.6 Å². The second kappa shape index (κ2) is 7.48. The van der Waals surface area contributed by atoms with Crippen LogP contribution in [0.3, 0.4) is 0 Å². The first-order chi connectivity index (χ1) is 15.4. The molecule has 32 heavy (non-hydrogen) atoms. The van der Waals surface area contributed by atoms with E-state index in [-0.39, 0.29) is 16.8 Å². The van der Waals surface area contributed by atoms with Gasteiger partial charge in [0.25, 0.3) is 5.56 Å². The van der Waals surface area contributed by atoms with Gasteiger partial charge in [0, 0.05) is 29.2 Å². The summed E-state index contributed by atoms with van der Waals surface area (Å²) in [6.45, 7) is 4.18. The Kier molecular flexibility index (Phi) is 4.73. The lowest BCUT2D eigenvalue weighted by Gasteiger charge is -2.38. The number of allylic oxidation sites excluding steroid dienone is 2. The normalized spacial score (nSPS) is 19.1. The number of hydrogen-bond acceptors (Lipinski definition) is 5. The summed E-state index contributed by atoms with van der Waals surface area (Å²) in [5.74, 6) is 1.33. The molecule has 0 fully saturated rings. The zero-order valence-corrected chi connectivity index (χ0v) is 18.4. The second-order valence-electron chi connectivity index (χ2n) is 9.21. The summed E-state index contributed by atoms with van der Waals surface area (Å²) in [4.78, 5) is 34.4. The maximum atomic E-state index is 13.4. The number of H-pyrrole nitrogens is 1. The van der Waals surface area contributed by atoms with Gasteiger partial charge in [0.05, 0.1) is 12.7 Å². The number of aromatic nitrogens is 2. The molecular formula is C26H25N3O3. The summed E-state index contributed by atoms with van der Waals surface area (Å²) in [5, 5.41) is 3.36. The monoisotopic (exact) mass is 427 g/mol. The molecule has 0 amide bonds. The molecule has 162 valence electrons. The quantitative estimate of drug-likeness (QED) is 0.636. The standard InChI is InChI=1S/C26H25N3O3/c1-26(2)13-18-21(19(30)14-26)20(15-9-11-17(32-3)12-10-15)22-24(27-18)28-23(29-25(22)31)16-7-5-4-6-8-16/h4-12,20H,13-14H2,1-3H3,(H2,27,28,29,31)/t20-/m1/s1. The molecule has 2 aliphatic rings. The van der Waals surface area contributed by atoms with Crippen LogP contribution in [0, 0.1) is 5.41 Å². The van der Waals surface area contributed by atoms with Gasteiger partial charge in [0.15, 0.2) is 5.78 Å². The van der Waals surface area contributed by atoms with Crippen molar-refractivity contribution in [3.05, 3.63) is 87.3 Å². The Morgan fingerprint density at radius 1 is 1.00 bits per heavy atom. The van der Waals surface area contributed by atoms with Crippen molar-refractivity contribution >= 4 is 11.6 Å². The molecule has 1 aromatic heterocycles. The predicted octanol–water partition coefficient (Wildman–Crippen LogP) is 4.65. The van der Waals surface area contributed by atoms with Gasteiger partial charge in [-0.15, -0.1) is 0 Å². The molecule has 0 saturated carbocycles. The number of nitrogens with one attached hydrogen (secondary N) is 2. The van der Waals surface area contributed by atoms with Gasteiger partial charge in [-0.05, 0) is 29.5 Å². The number of carbonyl (C=O) groups excluding carboxylic acids is 1. The van der Waals surface area contributed by atoms with E-state index in [0.29, 0.717) is 29.2 Å². The van der Waals surface area contributed by atoms with Crippen molar-refractivity contribution in [3.8, 4) is 17.1 Å². The maximum absolute atomic E-state index is 13.4. The van der Waals surface area contributed by atoms with Crippen molar-refractivity contribution in [3.63, 3.8) is 0 Å². The molecule has 6 nitrogen and oxygen atoms in total. The number of Topliss-reactive ketones (excluding diaryl/α,β-unsaturated/α-hetero) is 1. The maximum Gasteiger partial charge on any atom is 0.257 e. The topological polar surface area (TPSA) is 84.1 Å². The smallest absolute Gasteiger partial charge is 0.257 e. The number of benzene rings is 2. The fourth-order valence-corrected chi connectivity index (χ4v) is 4.78. The number of anilines is 1. The van der Waals surface area contributed by atoms with E-state index in [0.717, 1.165) is 29.0 Å². The summed E-state index contributed by atoms with van der Waals surface area (Å²) in [6.07, 6.45) is 1.16. The summed E-state index contributed by atoms with van der Waals surface area (Å²) in [7, 11) is 1.61. The summed E-state index contributed by atoms with van der Waals surface area (Å²) < 4.78 is 5.30. The van der Waals surface area contributed by atoms with E-state index < -0.39 is 5.92 Å². The average Bonchev–Trinajstić information content (AvgIpc) is 2.77. The molecule has 2 aromatic carbocycles. The Bertz CT molecular complexity index is 1290. The SMILES string of the molecule is COc1ccc([C@@H]2C3=C(CC(C)(C)CC3=O)Nc3nc(-c4ccccc4)[nH]c(=O)c32)cc1. The van der Waals surface area contributed by atoms with Gasteiger partial charge in [0.2, 0.25) is 0 Å². The first kappa shape index (κ1) is 20.2. The third-order valence-corrected chi connectivity index (χ3v) is 6.22. The Labute approximate surface area is 186 Å². The minimum Gasteiger partial charge on any atom is -0.497 e. The second-order valence-corrected chi connectivity index (χ2v) is 9.21. The van der Waals surface area contributed by atoms with Gasteiger partial charge in [-0.3, -0.25) is 9.59 Å². The number of rotatable bonds is 3. The number of ketones is 1. The first-order valence-corrected chi connectivity index (χ1v) is 10.7. The highest BCUT2D eigenvalue weighted by atomic mass is 16.5. The highest BCUT2D eigenvalue weighted by molar-refractivity contribution is 6.01. The van der Waals surface area contributed by atoms with Crippen LogP contribution in [-0.4, -0.2) is 22.9 Å². The molecule has 6 heteroatoms. The Morgan fingerprint density at radius 3 is 2.41 bits per heavy atom. The van der Waals surface area contributed by atoms with Gasteiger partial charge in [0.1, 0.15) is 17.4 Å². The van der Waals surface area contributed by atoms with Crippen LogP contribution in [-0.2, 0) is 4.79 Å². The minimum absolute atomic E-state index is 0.0711. The molecule has 2 heterocycles. The number of methoxy groups -OCH3 is 1. The van der Waals surface area contributed by atoms with Crippen molar-refractivity contribution in [2.75, 3.05) is 12.4 Å². The van der Waals surface area contributed by atoms with E-state index in [1.165, 1.54) is 0 Å². The molecule has 1 aliphatic heterocycles. The van der Waals surface area contributed by atoms with Gasteiger partial charge in [-0.25, -0.2) is 4.98 Å². The number of fused-ring (bicyclic) bond motifs is 1. The molecule has 1 aliphatic carbocycles. The predicted molar refractivity (Wildman–Crippen MR) is 124 cm³/mol. The molecule has 2 N–H and O–H groups in total. The van der Waals surface area contributed by atoms with Crippen molar-refractivity contribution < 1.29 is 9.53 Å². The Hall–Kier alpha value is -3.67. The minimum atomic E-state index is -0.475.